The van der Waals surface area contributed by atoms with Crippen molar-refractivity contribution >= 4 is 11.6 Å². The summed E-state index contributed by atoms with van der Waals surface area (Å²) in [6.45, 7) is 0. The van der Waals surface area contributed by atoms with Crippen LogP contribution < -0.4 is 0 Å². The number of hydrogen-bond acceptors (Lipinski definition) is 1. The summed E-state index contributed by atoms with van der Waals surface area (Å²) in [5, 5.41) is 0.366. The van der Waals surface area contributed by atoms with Crippen molar-refractivity contribution in [2.45, 2.75) is 30.6 Å². The van der Waals surface area contributed by atoms with Crippen molar-refractivity contribution in [2.24, 2.45) is 0 Å². The van der Waals surface area contributed by atoms with Gasteiger partial charge < -0.3 is 4.42 Å². The largest absolute Gasteiger partial charge is 0.469 e. The Labute approximate surface area is 71.3 Å². The number of alkyl halides is 1. The molecular formula is C9H11ClO. The van der Waals surface area contributed by atoms with E-state index in [9.17, 15) is 0 Å². The van der Waals surface area contributed by atoms with E-state index >= 15 is 0 Å². The molecule has 0 spiro atoms. The van der Waals surface area contributed by atoms with Crippen LogP contribution in [0.3, 0.4) is 0 Å². The Morgan fingerprint density at radius 1 is 1.45 bits per heavy atom. The highest BCUT2D eigenvalue weighted by Crippen LogP contribution is 2.36. The number of halogens is 1. The van der Waals surface area contributed by atoms with Crippen molar-refractivity contribution in [3.8, 4) is 0 Å². The standard InChI is InChI=1S/C9H11ClO/c10-8-4-3-7(6-8)9-2-1-5-11-9/h1-2,5,7-8H,3-4,6H2. The Balaban J connectivity index is 2.08. The first kappa shape index (κ1) is 7.23. The molecule has 0 bridgehead atoms. The van der Waals surface area contributed by atoms with Gasteiger partial charge in [0, 0.05) is 11.3 Å². The van der Waals surface area contributed by atoms with Crippen LogP contribution in [0.4, 0.5) is 0 Å². The maximum absolute atomic E-state index is 5.98. The van der Waals surface area contributed by atoms with Crippen LogP contribution in [0.2, 0.25) is 0 Å². The van der Waals surface area contributed by atoms with Crippen molar-refractivity contribution in [3.05, 3.63) is 24.2 Å². The lowest BCUT2D eigenvalue weighted by Crippen LogP contribution is -1.91. The van der Waals surface area contributed by atoms with E-state index in [0.717, 1.165) is 18.6 Å². The van der Waals surface area contributed by atoms with Crippen molar-refractivity contribution in [3.63, 3.8) is 0 Å². The van der Waals surface area contributed by atoms with Gasteiger partial charge in [-0.15, -0.1) is 11.6 Å². The van der Waals surface area contributed by atoms with Crippen LogP contribution in [-0.4, -0.2) is 5.38 Å². The predicted octanol–water partition coefficient (Wildman–Crippen LogP) is 3.15. The summed E-state index contributed by atoms with van der Waals surface area (Å²) in [5.74, 6) is 1.68. The predicted molar refractivity (Wildman–Crippen MR) is 44.9 cm³/mol. The first-order valence-electron chi connectivity index (χ1n) is 4.04. The third kappa shape index (κ3) is 1.43. The van der Waals surface area contributed by atoms with Crippen LogP contribution in [0.1, 0.15) is 30.9 Å². The molecule has 1 heterocycles. The van der Waals surface area contributed by atoms with E-state index in [0.29, 0.717) is 11.3 Å². The summed E-state index contributed by atoms with van der Waals surface area (Å²) in [7, 11) is 0. The van der Waals surface area contributed by atoms with Gasteiger partial charge in [0.1, 0.15) is 5.76 Å². The molecule has 2 atom stereocenters. The number of furan rings is 1. The van der Waals surface area contributed by atoms with Crippen molar-refractivity contribution in [1.82, 2.24) is 0 Å². The van der Waals surface area contributed by atoms with Gasteiger partial charge in [-0.05, 0) is 31.4 Å². The quantitative estimate of drug-likeness (QED) is 0.591. The molecule has 2 heteroatoms. The first-order valence-corrected chi connectivity index (χ1v) is 4.47. The maximum Gasteiger partial charge on any atom is 0.106 e. The molecule has 0 N–H and O–H groups in total. The number of hydrogen-bond donors (Lipinski definition) is 0. The zero-order valence-electron chi connectivity index (χ0n) is 6.29. The number of rotatable bonds is 1. The van der Waals surface area contributed by atoms with Gasteiger partial charge in [0.2, 0.25) is 0 Å². The smallest absolute Gasteiger partial charge is 0.106 e. The Hall–Kier alpha value is -0.430. The summed E-state index contributed by atoms with van der Waals surface area (Å²) < 4.78 is 5.31. The topological polar surface area (TPSA) is 13.1 Å². The van der Waals surface area contributed by atoms with Crippen LogP contribution in [0, 0.1) is 0 Å². The Morgan fingerprint density at radius 2 is 2.36 bits per heavy atom. The molecule has 1 aliphatic carbocycles. The second kappa shape index (κ2) is 2.90. The molecule has 11 heavy (non-hydrogen) atoms. The van der Waals surface area contributed by atoms with E-state index in [1.807, 2.05) is 12.1 Å². The normalized spacial score (nSPS) is 31.0. The minimum atomic E-state index is 0.366. The fourth-order valence-corrected chi connectivity index (χ4v) is 2.05. The van der Waals surface area contributed by atoms with Gasteiger partial charge in [0.05, 0.1) is 6.26 Å². The van der Waals surface area contributed by atoms with Crippen molar-refractivity contribution < 1.29 is 4.42 Å². The van der Waals surface area contributed by atoms with Crippen molar-refractivity contribution in [1.29, 1.82) is 0 Å². The summed E-state index contributed by atoms with van der Waals surface area (Å²) in [6, 6.07) is 3.98. The highest BCUT2D eigenvalue weighted by atomic mass is 35.5. The third-order valence-electron chi connectivity index (χ3n) is 2.31. The van der Waals surface area contributed by atoms with Crippen molar-refractivity contribution in [2.75, 3.05) is 0 Å². The lowest BCUT2D eigenvalue weighted by molar-refractivity contribution is 0.465. The van der Waals surface area contributed by atoms with Gasteiger partial charge in [-0.3, -0.25) is 0 Å². The van der Waals surface area contributed by atoms with Crippen LogP contribution in [0.5, 0.6) is 0 Å². The van der Waals surface area contributed by atoms with Crippen LogP contribution in [0.15, 0.2) is 22.8 Å². The second-order valence-electron chi connectivity index (χ2n) is 3.12. The molecule has 2 rings (SSSR count). The lowest BCUT2D eigenvalue weighted by Gasteiger charge is -2.03. The summed E-state index contributed by atoms with van der Waals surface area (Å²) in [5.41, 5.74) is 0. The molecule has 1 aromatic heterocycles. The van der Waals surface area contributed by atoms with E-state index < -0.39 is 0 Å². The fourth-order valence-electron chi connectivity index (χ4n) is 1.71. The Kier molecular flexibility index (Phi) is 1.91. The molecule has 0 aromatic carbocycles. The molecule has 1 aromatic rings. The van der Waals surface area contributed by atoms with Crippen LogP contribution >= 0.6 is 11.6 Å². The van der Waals surface area contributed by atoms with Gasteiger partial charge in [-0.25, -0.2) is 0 Å². The first-order chi connectivity index (χ1) is 5.36. The molecule has 1 fully saturated rings. The third-order valence-corrected chi connectivity index (χ3v) is 2.71. The summed E-state index contributed by atoms with van der Waals surface area (Å²) >= 11 is 5.98. The fraction of sp³-hybridized carbons (Fsp3) is 0.556. The average Bonchev–Trinajstić information content (AvgIpc) is 2.55. The van der Waals surface area contributed by atoms with Gasteiger partial charge >= 0.3 is 0 Å². The SMILES string of the molecule is ClC1CCC(c2ccco2)C1. The monoisotopic (exact) mass is 170 g/mol. The molecular weight excluding hydrogens is 160 g/mol. The lowest BCUT2D eigenvalue weighted by atomic mass is 10.1. The second-order valence-corrected chi connectivity index (χ2v) is 3.74. The minimum absolute atomic E-state index is 0.366. The molecule has 0 radical (unpaired) electrons. The molecule has 0 amide bonds. The van der Waals surface area contributed by atoms with Gasteiger partial charge in [0.15, 0.2) is 0 Å². The Bertz CT molecular complexity index is 217. The molecule has 0 aliphatic heterocycles. The highest BCUT2D eigenvalue weighted by Gasteiger charge is 2.25. The van der Waals surface area contributed by atoms with E-state index in [1.54, 1.807) is 6.26 Å². The van der Waals surface area contributed by atoms with Gasteiger partial charge in [-0.2, -0.15) is 0 Å². The molecule has 60 valence electrons. The van der Waals surface area contributed by atoms with Crippen LogP contribution in [0.25, 0.3) is 0 Å². The molecule has 1 saturated carbocycles. The highest BCUT2D eigenvalue weighted by molar-refractivity contribution is 6.20. The zero-order valence-corrected chi connectivity index (χ0v) is 7.05. The minimum Gasteiger partial charge on any atom is -0.469 e. The maximum atomic E-state index is 5.98. The summed E-state index contributed by atoms with van der Waals surface area (Å²) in [4.78, 5) is 0. The zero-order chi connectivity index (χ0) is 7.68. The summed E-state index contributed by atoms with van der Waals surface area (Å²) in [6.07, 6.45) is 5.13. The van der Waals surface area contributed by atoms with E-state index in [-0.39, 0.29) is 0 Å². The molecule has 2 unspecified atom stereocenters. The molecule has 1 aliphatic rings. The van der Waals surface area contributed by atoms with E-state index in [1.165, 1.54) is 6.42 Å². The average molecular weight is 171 g/mol. The van der Waals surface area contributed by atoms with Gasteiger partial charge in [-0.1, -0.05) is 0 Å². The van der Waals surface area contributed by atoms with E-state index in [2.05, 4.69) is 0 Å². The Morgan fingerprint density at radius 3 is 2.91 bits per heavy atom. The van der Waals surface area contributed by atoms with Gasteiger partial charge in [0.25, 0.3) is 0 Å². The van der Waals surface area contributed by atoms with Crippen LogP contribution in [-0.2, 0) is 0 Å². The molecule has 1 nitrogen and oxygen atoms in total. The molecule has 0 saturated heterocycles. The van der Waals surface area contributed by atoms with E-state index in [4.69, 9.17) is 16.0 Å².